The van der Waals surface area contributed by atoms with Crippen LogP contribution in [0.4, 0.5) is 11.4 Å². The van der Waals surface area contributed by atoms with Crippen LogP contribution in [0.1, 0.15) is 18.9 Å². The molecule has 0 saturated carbocycles. The number of nitrogen functional groups attached to an aromatic ring is 2. The molecule has 0 atom stereocenters. The maximum Gasteiger partial charge on any atom is 0.208 e. The highest BCUT2D eigenvalue weighted by atomic mass is 32.2. The number of sulfone groups is 1. The van der Waals surface area contributed by atoms with Crippen LogP contribution < -0.4 is 11.5 Å². The fourth-order valence-corrected chi connectivity index (χ4v) is 3.52. The Morgan fingerprint density at radius 3 is 2.35 bits per heavy atom. The zero-order chi connectivity index (χ0) is 14.8. The van der Waals surface area contributed by atoms with Crippen molar-refractivity contribution in [2.24, 2.45) is 0 Å². The monoisotopic (exact) mass is 290 g/mol. The first-order valence-corrected chi connectivity index (χ1v) is 7.93. The van der Waals surface area contributed by atoms with Gasteiger partial charge in [0.15, 0.2) is 0 Å². The van der Waals surface area contributed by atoms with Crippen molar-refractivity contribution in [3.05, 3.63) is 48.0 Å². The lowest BCUT2D eigenvalue weighted by Crippen LogP contribution is -2.07. The second kappa shape index (κ2) is 5.54. The Morgan fingerprint density at radius 1 is 1.00 bits per heavy atom. The highest BCUT2D eigenvalue weighted by Gasteiger charge is 2.20. The van der Waals surface area contributed by atoms with Gasteiger partial charge in [0.2, 0.25) is 9.84 Å². The van der Waals surface area contributed by atoms with E-state index in [1.165, 1.54) is 12.1 Å². The lowest BCUT2D eigenvalue weighted by Gasteiger charge is -2.10. The van der Waals surface area contributed by atoms with Gasteiger partial charge in [0.25, 0.3) is 0 Å². The Bertz CT molecular complexity index is 724. The van der Waals surface area contributed by atoms with Gasteiger partial charge in [-0.2, -0.15) is 0 Å². The van der Waals surface area contributed by atoms with E-state index >= 15 is 0 Å². The number of rotatable bonds is 4. The number of para-hydroxylation sites is 1. The summed E-state index contributed by atoms with van der Waals surface area (Å²) in [6.07, 6.45) is 1.65. The molecule has 0 bridgehead atoms. The number of benzene rings is 2. The molecule has 4 N–H and O–H groups in total. The fourth-order valence-electron chi connectivity index (χ4n) is 2.09. The third-order valence-corrected chi connectivity index (χ3v) is 4.98. The van der Waals surface area contributed by atoms with Gasteiger partial charge in [-0.15, -0.1) is 0 Å². The average Bonchev–Trinajstić information content (AvgIpc) is 2.41. The standard InChI is InChI=1S/C15H18N2O2S/c1-2-5-11-10-12(8-9-13(11)16)20(18,19)15-7-4-3-6-14(15)17/h3-4,6-10H,2,5,16-17H2,1H3. The van der Waals surface area contributed by atoms with Crippen LogP contribution in [0, 0.1) is 0 Å². The van der Waals surface area contributed by atoms with Gasteiger partial charge in [0, 0.05) is 5.69 Å². The molecule has 4 nitrogen and oxygen atoms in total. The molecule has 0 amide bonds. The molecule has 0 radical (unpaired) electrons. The molecule has 0 aromatic heterocycles. The summed E-state index contributed by atoms with van der Waals surface area (Å²) < 4.78 is 25.2. The predicted octanol–water partition coefficient (Wildman–Crippen LogP) is 2.64. The van der Waals surface area contributed by atoms with Gasteiger partial charge in [-0.1, -0.05) is 25.5 Å². The first kappa shape index (κ1) is 14.4. The van der Waals surface area contributed by atoms with Crippen LogP contribution in [0.5, 0.6) is 0 Å². The van der Waals surface area contributed by atoms with Crippen LogP contribution in [-0.2, 0) is 16.3 Å². The van der Waals surface area contributed by atoms with E-state index in [4.69, 9.17) is 11.5 Å². The minimum absolute atomic E-state index is 0.132. The molecule has 0 unspecified atom stereocenters. The van der Waals surface area contributed by atoms with Crippen LogP contribution in [0.3, 0.4) is 0 Å². The van der Waals surface area contributed by atoms with Crippen molar-refractivity contribution < 1.29 is 8.42 Å². The summed E-state index contributed by atoms with van der Waals surface area (Å²) in [6.45, 7) is 2.02. The molecule has 0 fully saturated rings. The lowest BCUT2D eigenvalue weighted by molar-refractivity contribution is 0.596. The smallest absolute Gasteiger partial charge is 0.208 e. The van der Waals surface area contributed by atoms with E-state index in [9.17, 15) is 8.42 Å². The van der Waals surface area contributed by atoms with Crippen LogP contribution >= 0.6 is 0 Å². The second-order valence-corrected chi connectivity index (χ2v) is 6.57. The van der Waals surface area contributed by atoms with Crippen molar-refractivity contribution >= 4 is 21.2 Å². The summed E-state index contributed by atoms with van der Waals surface area (Å²) >= 11 is 0. The van der Waals surface area contributed by atoms with E-state index in [-0.39, 0.29) is 15.5 Å². The number of aryl methyl sites for hydroxylation is 1. The molecular formula is C15H18N2O2S. The zero-order valence-electron chi connectivity index (χ0n) is 11.3. The third kappa shape index (κ3) is 2.63. The topological polar surface area (TPSA) is 86.2 Å². The van der Waals surface area contributed by atoms with Gasteiger partial charge < -0.3 is 11.5 Å². The second-order valence-electron chi connectivity index (χ2n) is 4.65. The Hall–Kier alpha value is -2.01. The van der Waals surface area contributed by atoms with Crippen molar-refractivity contribution in [2.45, 2.75) is 29.6 Å². The van der Waals surface area contributed by atoms with E-state index < -0.39 is 9.84 Å². The SMILES string of the molecule is CCCc1cc(S(=O)(=O)c2ccccc2N)ccc1N. The van der Waals surface area contributed by atoms with Crippen molar-refractivity contribution in [3.63, 3.8) is 0 Å². The summed E-state index contributed by atoms with van der Waals surface area (Å²) in [5.41, 5.74) is 13.4. The van der Waals surface area contributed by atoms with Gasteiger partial charge in [-0.05, 0) is 42.3 Å². The van der Waals surface area contributed by atoms with Crippen LogP contribution in [0.25, 0.3) is 0 Å². The fraction of sp³-hybridized carbons (Fsp3) is 0.200. The normalized spacial score (nSPS) is 11.4. The first-order chi connectivity index (χ1) is 9.46. The molecule has 106 valence electrons. The maximum atomic E-state index is 12.6. The van der Waals surface area contributed by atoms with Gasteiger partial charge in [-0.25, -0.2) is 8.42 Å². The summed E-state index contributed by atoms with van der Waals surface area (Å²) in [6, 6.07) is 11.3. The molecule has 0 saturated heterocycles. The summed E-state index contributed by atoms with van der Waals surface area (Å²) in [4.78, 5) is 0.361. The van der Waals surface area contributed by atoms with Crippen molar-refractivity contribution in [1.82, 2.24) is 0 Å². The van der Waals surface area contributed by atoms with Crippen molar-refractivity contribution in [3.8, 4) is 0 Å². The molecule has 0 spiro atoms. The van der Waals surface area contributed by atoms with Crippen molar-refractivity contribution in [1.29, 1.82) is 0 Å². The molecule has 2 rings (SSSR count). The molecule has 0 heterocycles. The lowest BCUT2D eigenvalue weighted by atomic mass is 10.1. The molecule has 2 aromatic carbocycles. The summed E-state index contributed by atoms with van der Waals surface area (Å²) in [5, 5.41) is 0. The van der Waals surface area contributed by atoms with E-state index in [1.54, 1.807) is 30.3 Å². The minimum Gasteiger partial charge on any atom is -0.399 e. The minimum atomic E-state index is -3.61. The zero-order valence-corrected chi connectivity index (χ0v) is 12.2. The van der Waals surface area contributed by atoms with Crippen LogP contribution in [-0.4, -0.2) is 8.42 Å². The number of hydrogen-bond donors (Lipinski definition) is 2. The van der Waals surface area contributed by atoms with Gasteiger partial charge in [0.05, 0.1) is 15.5 Å². The number of nitrogens with two attached hydrogens (primary N) is 2. The molecular weight excluding hydrogens is 272 g/mol. The predicted molar refractivity (Wildman–Crippen MR) is 81.2 cm³/mol. The molecule has 2 aromatic rings. The van der Waals surface area contributed by atoms with E-state index in [0.717, 1.165) is 18.4 Å². The largest absolute Gasteiger partial charge is 0.399 e. The van der Waals surface area contributed by atoms with Crippen LogP contribution in [0.2, 0.25) is 0 Å². The first-order valence-electron chi connectivity index (χ1n) is 6.44. The van der Waals surface area contributed by atoms with E-state index in [2.05, 4.69) is 0 Å². The van der Waals surface area contributed by atoms with Gasteiger partial charge in [0.1, 0.15) is 0 Å². The van der Waals surface area contributed by atoms with Gasteiger partial charge >= 0.3 is 0 Å². The Balaban J connectivity index is 2.56. The van der Waals surface area contributed by atoms with Crippen LogP contribution in [0.15, 0.2) is 52.3 Å². The third-order valence-electron chi connectivity index (χ3n) is 3.15. The molecule has 0 aliphatic carbocycles. The average molecular weight is 290 g/mol. The maximum absolute atomic E-state index is 12.6. The van der Waals surface area contributed by atoms with Gasteiger partial charge in [-0.3, -0.25) is 0 Å². The highest BCUT2D eigenvalue weighted by Crippen LogP contribution is 2.28. The number of anilines is 2. The number of hydrogen-bond acceptors (Lipinski definition) is 4. The molecule has 20 heavy (non-hydrogen) atoms. The summed E-state index contributed by atoms with van der Waals surface area (Å²) in [5.74, 6) is 0. The highest BCUT2D eigenvalue weighted by molar-refractivity contribution is 7.91. The van der Waals surface area contributed by atoms with Crippen molar-refractivity contribution in [2.75, 3.05) is 11.5 Å². The Labute approximate surface area is 119 Å². The summed E-state index contributed by atoms with van der Waals surface area (Å²) in [7, 11) is -3.61. The molecule has 0 aliphatic heterocycles. The molecule has 5 heteroatoms. The van der Waals surface area contributed by atoms with E-state index in [0.29, 0.717) is 5.69 Å². The molecule has 0 aliphatic rings. The Morgan fingerprint density at radius 2 is 1.70 bits per heavy atom. The van der Waals surface area contributed by atoms with E-state index in [1.807, 2.05) is 6.92 Å². The quantitative estimate of drug-likeness (QED) is 0.847. The Kier molecular flexibility index (Phi) is 3.99.